The Labute approximate surface area is 96.0 Å². The average Bonchev–Trinajstić information content (AvgIpc) is 3.09. The van der Waals surface area contributed by atoms with Gasteiger partial charge in [-0.1, -0.05) is 30.3 Å². The first-order valence-electron chi connectivity index (χ1n) is 5.71. The number of esters is 1. The van der Waals surface area contributed by atoms with Crippen LogP contribution in [0.1, 0.15) is 25.5 Å². The van der Waals surface area contributed by atoms with Crippen LogP contribution >= 0.6 is 0 Å². The van der Waals surface area contributed by atoms with Crippen molar-refractivity contribution in [1.82, 2.24) is 4.90 Å². The van der Waals surface area contributed by atoms with Gasteiger partial charge in [-0.15, -0.1) is 0 Å². The molecule has 16 heavy (non-hydrogen) atoms. The van der Waals surface area contributed by atoms with Crippen LogP contribution in [0, 0.1) is 0 Å². The standard InChI is InChI=1S/C13H17NO2/c1-3-16-13(15)12-9-14(12)10(2)11-7-5-4-6-8-11/h4-8,10,12H,3,9H2,1-2H3/t10?,12-,14?/m1/s1. The quantitative estimate of drug-likeness (QED) is 0.573. The monoisotopic (exact) mass is 219 g/mol. The van der Waals surface area contributed by atoms with E-state index in [9.17, 15) is 4.79 Å². The summed E-state index contributed by atoms with van der Waals surface area (Å²) in [5.74, 6) is -0.0923. The van der Waals surface area contributed by atoms with Crippen LogP contribution in [-0.2, 0) is 9.53 Å². The summed E-state index contributed by atoms with van der Waals surface area (Å²) >= 11 is 0. The number of nitrogens with zero attached hydrogens (tertiary/aromatic N) is 1. The molecule has 1 aliphatic heterocycles. The Balaban J connectivity index is 1.94. The Hall–Kier alpha value is -1.35. The van der Waals surface area contributed by atoms with Gasteiger partial charge >= 0.3 is 5.97 Å². The zero-order chi connectivity index (χ0) is 11.5. The maximum atomic E-state index is 11.5. The van der Waals surface area contributed by atoms with E-state index in [2.05, 4.69) is 24.0 Å². The molecule has 0 N–H and O–H groups in total. The van der Waals surface area contributed by atoms with Crippen LogP contribution < -0.4 is 0 Å². The molecular weight excluding hydrogens is 202 g/mol. The number of rotatable bonds is 4. The van der Waals surface area contributed by atoms with E-state index in [0.29, 0.717) is 6.61 Å². The van der Waals surface area contributed by atoms with E-state index >= 15 is 0 Å². The third kappa shape index (κ3) is 2.25. The summed E-state index contributed by atoms with van der Waals surface area (Å²) < 4.78 is 5.00. The summed E-state index contributed by atoms with van der Waals surface area (Å²) in [6.45, 7) is 5.23. The van der Waals surface area contributed by atoms with Gasteiger partial charge in [-0.05, 0) is 19.4 Å². The highest BCUT2D eigenvalue weighted by molar-refractivity contribution is 5.79. The van der Waals surface area contributed by atoms with Crippen molar-refractivity contribution in [2.75, 3.05) is 13.2 Å². The lowest BCUT2D eigenvalue weighted by Gasteiger charge is -2.13. The number of benzene rings is 1. The zero-order valence-electron chi connectivity index (χ0n) is 9.72. The zero-order valence-corrected chi connectivity index (χ0v) is 9.72. The molecule has 1 aliphatic rings. The van der Waals surface area contributed by atoms with Gasteiger partial charge in [0.15, 0.2) is 0 Å². The highest BCUT2D eigenvalue weighted by atomic mass is 16.5. The molecule has 0 spiro atoms. The Bertz CT molecular complexity index is 363. The smallest absolute Gasteiger partial charge is 0.324 e. The van der Waals surface area contributed by atoms with Gasteiger partial charge in [0.25, 0.3) is 0 Å². The lowest BCUT2D eigenvalue weighted by Crippen LogP contribution is -2.18. The SMILES string of the molecule is CCOC(=O)[C@H]1CN1C(C)c1ccccc1. The Morgan fingerprint density at radius 3 is 2.81 bits per heavy atom. The largest absolute Gasteiger partial charge is 0.465 e. The summed E-state index contributed by atoms with van der Waals surface area (Å²) in [6.07, 6.45) is 0. The van der Waals surface area contributed by atoms with E-state index in [0.717, 1.165) is 6.54 Å². The van der Waals surface area contributed by atoms with Gasteiger partial charge in [-0.2, -0.15) is 0 Å². The van der Waals surface area contributed by atoms with E-state index in [1.54, 1.807) is 0 Å². The molecule has 0 amide bonds. The van der Waals surface area contributed by atoms with Crippen LogP contribution in [0.4, 0.5) is 0 Å². The van der Waals surface area contributed by atoms with E-state index in [1.807, 2.05) is 25.1 Å². The Kier molecular flexibility index (Phi) is 3.25. The number of hydrogen-bond acceptors (Lipinski definition) is 3. The molecule has 1 fully saturated rings. The molecule has 3 nitrogen and oxygen atoms in total. The van der Waals surface area contributed by atoms with Gasteiger partial charge in [0.05, 0.1) is 6.61 Å². The molecule has 0 saturated carbocycles. The highest BCUT2D eigenvalue weighted by Gasteiger charge is 2.44. The summed E-state index contributed by atoms with van der Waals surface area (Å²) in [4.78, 5) is 13.6. The fourth-order valence-corrected chi connectivity index (χ4v) is 1.95. The van der Waals surface area contributed by atoms with E-state index in [-0.39, 0.29) is 18.1 Å². The molecule has 1 saturated heterocycles. The first-order valence-corrected chi connectivity index (χ1v) is 5.71. The predicted molar refractivity (Wildman–Crippen MR) is 62.0 cm³/mol. The van der Waals surface area contributed by atoms with E-state index in [4.69, 9.17) is 4.74 Å². The molecule has 2 rings (SSSR count). The minimum Gasteiger partial charge on any atom is -0.465 e. The minimum absolute atomic E-state index is 0.0323. The molecule has 2 unspecified atom stereocenters. The van der Waals surface area contributed by atoms with Crippen LogP contribution in [0.3, 0.4) is 0 Å². The Morgan fingerprint density at radius 1 is 1.50 bits per heavy atom. The fourth-order valence-electron chi connectivity index (χ4n) is 1.95. The van der Waals surface area contributed by atoms with Crippen LogP contribution in [0.5, 0.6) is 0 Å². The molecule has 3 heteroatoms. The van der Waals surface area contributed by atoms with E-state index in [1.165, 1.54) is 5.56 Å². The van der Waals surface area contributed by atoms with Gasteiger partial charge in [0.2, 0.25) is 0 Å². The third-order valence-corrected chi connectivity index (χ3v) is 2.99. The van der Waals surface area contributed by atoms with Gasteiger partial charge in [-0.25, -0.2) is 0 Å². The third-order valence-electron chi connectivity index (χ3n) is 2.99. The molecule has 0 aromatic heterocycles. The molecule has 0 radical (unpaired) electrons. The molecule has 3 atom stereocenters. The maximum Gasteiger partial charge on any atom is 0.324 e. The van der Waals surface area contributed by atoms with Crippen molar-refractivity contribution >= 4 is 5.97 Å². The number of ether oxygens (including phenoxy) is 1. The van der Waals surface area contributed by atoms with Gasteiger partial charge in [0.1, 0.15) is 6.04 Å². The summed E-state index contributed by atoms with van der Waals surface area (Å²) in [5.41, 5.74) is 1.24. The van der Waals surface area contributed by atoms with Crippen molar-refractivity contribution in [2.45, 2.75) is 25.9 Å². The first-order chi connectivity index (χ1) is 7.74. The van der Waals surface area contributed by atoms with Gasteiger partial charge < -0.3 is 4.74 Å². The normalized spacial score (nSPS) is 24.9. The first kappa shape index (κ1) is 11.1. The lowest BCUT2D eigenvalue weighted by atomic mass is 10.1. The van der Waals surface area contributed by atoms with Crippen LogP contribution in [-0.4, -0.2) is 30.1 Å². The van der Waals surface area contributed by atoms with Crippen molar-refractivity contribution in [3.63, 3.8) is 0 Å². The average molecular weight is 219 g/mol. The second kappa shape index (κ2) is 4.66. The topological polar surface area (TPSA) is 29.3 Å². The van der Waals surface area contributed by atoms with Crippen molar-refractivity contribution in [1.29, 1.82) is 0 Å². The van der Waals surface area contributed by atoms with Crippen molar-refractivity contribution in [3.05, 3.63) is 35.9 Å². The highest BCUT2D eigenvalue weighted by Crippen LogP contribution is 2.32. The molecule has 0 bridgehead atoms. The molecule has 1 aromatic rings. The van der Waals surface area contributed by atoms with Gasteiger partial charge in [-0.3, -0.25) is 9.69 Å². The molecule has 86 valence electrons. The van der Waals surface area contributed by atoms with Crippen molar-refractivity contribution in [2.24, 2.45) is 0 Å². The van der Waals surface area contributed by atoms with Crippen LogP contribution in [0.25, 0.3) is 0 Å². The van der Waals surface area contributed by atoms with Gasteiger partial charge in [0, 0.05) is 12.6 Å². The molecule has 1 aromatic carbocycles. The Morgan fingerprint density at radius 2 is 2.19 bits per heavy atom. The number of hydrogen-bond donors (Lipinski definition) is 0. The van der Waals surface area contributed by atoms with E-state index < -0.39 is 0 Å². The van der Waals surface area contributed by atoms with Crippen LogP contribution in [0.15, 0.2) is 30.3 Å². The second-order valence-electron chi connectivity index (χ2n) is 4.05. The summed E-state index contributed by atoms with van der Waals surface area (Å²) in [6, 6.07) is 10.5. The number of carbonyl (C=O) groups is 1. The second-order valence-corrected chi connectivity index (χ2v) is 4.05. The molecular formula is C13H17NO2. The lowest BCUT2D eigenvalue weighted by molar-refractivity contribution is -0.143. The van der Waals surface area contributed by atoms with Crippen LogP contribution in [0.2, 0.25) is 0 Å². The molecule has 1 heterocycles. The number of carbonyl (C=O) groups excluding carboxylic acids is 1. The summed E-state index contributed by atoms with van der Waals surface area (Å²) in [7, 11) is 0. The fraction of sp³-hybridized carbons (Fsp3) is 0.462. The van der Waals surface area contributed by atoms with Crippen molar-refractivity contribution < 1.29 is 9.53 Å². The maximum absolute atomic E-state index is 11.5. The minimum atomic E-state index is -0.0923. The summed E-state index contributed by atoms with van der Waals surface area (Å²) in [5, 5.41) is 0. The predicted octanol–water partition coefficient (Wildman–Crippen LogP) is 1.99. The van der Waals surface area contributed by atoms with Crippen molar-refractivity contribution in [3.8, 4) is 0 Å². The molecule has 0 aliphatic carbocycles.